The predicted octanol–water partition coefficient (Wildman–Crippen LogP) is 1.78. The first-order chi connectivity index (χ1) is 10.6. The SMILES string of the molecule is CCCC[NH+](C[C@@H](O)COc1ccc(C#N)cc1)[C@H](C)CC. The van der Waals surface area contributed by atoms with Crippen molar-refractivity contribution in [3.8, 4) is 11.8 Å². The van der Waals surface area contributed by atoms with Gasteiger partial charge in [-0.2, -0.15) is 5.26 Å². The quantitative estimate of drug-likeness (QED) is 0.693. The molecule has 1 aromatic rings. The molecule has 0 saturated heterocycles. The van der Waals surface area contributed by atoms with Gasteiger partial charge in [0.2, 0.25) is 0 Å². The highest BCUT2D eigenvalue weighted by atomic mass is 16.5. The number of aliphatic hydroxyl groups is 1. The van der Waals surface area contributed by atoms with E-state index < -0.39 is 6.10 Å². The number of hydrogen-bond acceptors (Lipinski definition) is 3. The molecule has 0 heterocycles. The summed E-state index contributed by atoms with van der Waals surface area (Å²) in [6.07, 6.45) is 3.00. The maximum Gasteiger partial charge on any atom is 0.137 e. The van der Waals surface area contributed by atoms with E-state index in [1.54, 1.807) is 24.3 Å². The Hall–Kier alpha value is -1.57. The number of nitrogens with one attached hydrogen (secondary N) is 1. The Morgan fingerprint density at radius 2 is 1.95 bits per heavy atom. The second-order valence-electron chi connectivity index (χ2n) is 5.88. The Morgan fingerprint density at radius 3 is 2.50 bits per heavy atom. The zero-order valence-corrected chi connectivity index (χ0v) is 14.0. The standard InChI is InChI=1S/C18H28N2O2/c1-4-6-11-20(15(3)5-2)13-17(21)14-22-18-9-7-16(12-19)8-10-18/h7-10,15,17,21H,4-6,11,13-14H2,1-3H3/p+1/t15-,17-/m1/s1. The molecule has 1 unspecified atom stereocenters. The molecule has 0 aromatic heterocycles. The molecule has 0 bridgehead atoms. The number of rotatable bonds is 10. The van der Waals surface area contributed by atoms with Crippen molar-refractivity contribution in [2.24, 2.45) is 0 Å². The summed E-state index contributed by atoms with van der Waals surface area (Å²) in [7, 11) is 0. The molecule has 1 aromatic carbocycles. The minimum Gasteiger partial charge on any atom is -0.491 e. The van der Waals surface area contributed by atoms with E-state index >= 15 is 0 Å². The Kier molecular flexibility index (Phi) is 8.57. The molecular weight excluding hydrogens is 276 g/mol. The largest absolute Gasteiger partial charge is 0.491 e. The number of quaternary nitrogens is 1. The van der Waals surface area contributed by atoms with E-state index in [1.165, 1.54) is 17.7 Å². The molecular formula is C18H29N2O2+. The second-order valence-corrected chi connectivity index (χ2v) is 5.88. The summed E-state index contributed by atoms with van der Waals surface area (Å²) in [5, 5.41) is 19.0. The van der Waals surface area contributed by atoms with Gasteiger partial charge in [0, 0.05) is 0 Å². The van der Waals surface area contributed by atoms with Crippen molar-refractivity contribution in [3.63, 3.8) is 0 Å². The molecule has 0 spiro atoms. The van der Waals surface area contributed by atoms with Crippen molar-refractivity contribution >= 4 is 0 Å². The van der Waals surface area contributed by atoms with Crippen LogP contribution in [0.5, 0.6) is 5.75 Å². The first-order valence-electron chi connectivity index (χ1n) is 8.26. The molecule has 22 heavy (non-hydrogen) atoms. The minimum absolute atomic E-state index is 0.290. The molecule has 0 aliphatic carbocycles. The summed E-state index contributed by atoms with van der Waals surface area (Å²) in [5.41, 5.74) is 0.611. The van der Waals surface area contributed by atoms with Gasteiger partial charge in [0.25, 0.3) is 0 Å². The van der Waals surface area contributed by atoms with Crippen LogP contribution in [0.15, 0.2) is 24.3 Å². The average molecular weight is 305 g/mol. The number of ether oxygens (including phenoxy) is 1. The summed E-state index contributed by atoms with van der Waals surface area (Å²) >= 11 is 0. The van der Waals surface area contributed by atoms with Crippen LogP contribution in [0.25, 0.3) is 0 Å². The maximum absolute atomic E-state index is 10.2. The van der Waals surface area contributed by atoms with Crippen molar-refractivity contribution < 1.29 is 14.7 Å². The van der Waals surface area contributed by atoms with Gasteiger partial charge < -0.3 is 14.7 Å². The van der Waals surface area contributed by atoms with E-state index in [9.17, 15) is 5.11 Å². The van der Waals surface area contributed by atoms with Gasteiger partial charge in [-0.25, -0.2) is 0 Å². The molecule has 0 fully saturated rings. The van der Waals surface area contributed by atoms with Gasteiger partial charge in [-0.15, -0.1) is 0 Å². The highest BCUT2D eigenvalue weighted by Gasteiger charge is 2.20. The fraction of sp³-hybridized carbons (Fsp3) is 0.611. The molecule has 0 aliphatic rings. The number of aliphatic hydroxyl groups excluding tert-OH is 1. The fourth-order valence-corrected chi connectivity index (χ4v) is 2.42. The van der Waals surface area contributed by atoms with Gasteiger partial charge >= 0.3 is 0 Å². The maximum atomic E-state index is 10.2. The highest BCUT2D eigenvalue weighted by Crippen LogP contribution is 2.11. The zero-order chi connectivity index (χ0) is 16.4. The van der Waals surface area contributed by atoms with Crippen molar-refractivity contribution in [2.45, 2.75) is 52.2 Å². The van der Waals surface area contributed by atoms with Crippen LogP contribution >= 0.6 is 0 Å². The molecule has 1 rings (SSSR count). The number of nitriles is 1. The fourth-order valence-electron chi connectivity index (χ4n) is 2.42. The lowest BCUT2D eigenvalue weighted by Crippen LogP contribution is -3.16. The number of nitrogens with zero attached hydrogens (tertiary/aromatic N) is 1. The second kappa shape index (κ2) is 10.2. The molecule has 2 N–H and O–H groups in total. The number of benzene rings is 1. The number of hydrogen-bond donors (Lipinski definition) is 2. The molecule has 0 amide bonds. The van der Waals surface area contributed by atoms with Crippen LogP contribution in [0.2, 0.25) is 0 Å². The average Bonchev–Trinajstić information content (AvgIpc) is 2.56. The smallest absolute Gasteiger partial charge is 0.137 e. The van der Waals surface area contributed by atoms with Gasteiger partial charge in [0.05, 0.1) is 24.2 Å². The normalized spacial score (nSPS) is 14.9. The summed E-state index contributed by atoms with van der Waals surface area (Å²) in [4.78, 5) is 1.44. The third kappa shape index (κ3) is 6.46. The first-order valence-corrected chi connectivity index (χ1v) is 8.26. The minimum atomic E-state index is -0.475. The van der Waals surface area contributed by atoms with Gasteiger partial charge in [-0.3, -0.25) is 0 Å². The van der Waals surface area contributed by atoms with Crippen molar-refractivity contribution in [3.05, 3.63) is 29.8 Å². The summed E-state index contributed by atoms with van der Waals surface area (Å²) in [6, 6.07) is 9.60. The van der Waals surface area contributed by atoms with E-state index in [4.69, 9.17) is 10.00 Å². The molecule has 4 heteroatoms. The summed E-state index contributed by atoms with van der Waals surface area (Å²) in [5.74, 6) is 0.691. The van der Waals surface area contributed by atoms with Crippen LogP contribution in [0.1, 0.15) is 45.6 Å². The topological polar surface area (TPSA) is 57.7 Å². The van der Waals surface area contributed by atoms with Crippen LogP contribution in [-0.4, -0.2) is 36.9 Å². The molecule has 122 valence electrons. The van der Waals surface area contributed by atoms with Gasteiger partial charge in [0.1, 0.15) is 25.0 Å². The van der Waals surface area contributed by atoms with E-state index in [0.717, 1.165) is 13.0 Å². The highest BCUT2D eigenvalue weighted by molar-refractivity contribution is 5.34. The van der Waals surface area contributed by atoms with Gasteiger partial charge in [-0.05, 0) is 44.0 Å². The van der Waals surface area contributed by atoms with Crippen LogP contribution in [0.4, 0.5) is 0 Å². The van der Waals surface area contributed by atoms with Crippen molar-refractivity contribution in [1.82, 2.24) is 0 Å². The molecule has 3 atom stereocenters. The van der Waals surface area contributed by atoms with E-state index in [2.05, 4.69) is 26.8 Å². The molecule has 0 aliphatic heterocycles. The Morgan fingerprint density at radius 1 is 1.27 bits per heavy atom. The van der Waals surface area contributed by atoms with Crippen LogP contribution in [0, 0.1) is 11.3 Å². The van der Waals surface area contributed by atoms with Crippen molar-refractivity contribution in [1.29, 1.82) is 5.26 Å². The lowest BCUT2D eigenvalue weighted by Gasteiger charge is -2.27. The van der Waals surface area contributed by atoms with E-state index in [0.29, 0.717) is 23.9 Å². The Balaban J connectivity index is 2.44. The monoisotopic (exact) mass is 305 g/mol. The van der Waals surface area contributed by atoms with Crippen LogP contribution in [-0.2, 0) is 0 Å². The lowest BCUT2D eigenvalue weighted by atomic mass is 10.1. The van der Waals surface area contributed by atoms with E-state index in [1.807, 2.05) is 0 Å². The van der Waals surface area contributed by atoms with Crippen LogP contribution < -0.4 is 9.64 Å². The first kappa shape index (κ1) is 18.5. The van der Waals surface area contributed by atoms with E-state index in [-0.39, 0.29) is 6.61 Å². The molecule has 4 nitrogen and oxygen atoms in total. The van der Waals surface area contributed by atoms with Crippen molar-refractivity contribution in [2.75, 3.05) is 19.7 Å². The third-order valence-corrected chi connectivity index (χ3v) is 4.08. The van der Waals surface area contributed by atoms with Gasteiger partial charge in [0.15, 0.2) is 0 Å². The zero-order valence-electron chi connectivity index (χ0n) is 14.0. The van der Waals surface area contributed by atoms with Crippen LogP contribution in [0.3, 0.4) is 0 Å². The Bertz CT molecular complexity index is 453. The summed E-state index contributed by atoms with van der Waals surface area (Å²) < 4.78 is 5.61. The third-order valence-electron chi connectivity index (χ3n) is 4.08. The molecule has 0 saturated carbocycles. The van der Waals surface area contributed by atoms with Gasteiger partial charge in [-0.1, -0.05) is 20.3 Å². The Labute approximate surface area is 134 Å². The summed E-state index contributed by atoms with van der Waals surface area (Å²) in [6.45, 7) is 8.72. The molecule has 0 radical (unpaired) electrons. The number of unbranched alkanes of at least 4 members (excludes halogenated alkanes) is 1. The predicted molar refractivity (Wildman–Crippen MR) is 88.0 cm³/mol. The lowest BCUT2D eigenvalue weighted by molar-refractivity contribution is -0.926.